The highest BCUT2D eigenvalue weighted by Gasteiger charge is 2.35. The van der Waals surface area contributed by atoms with Gasteiger partial charge in [-0.25, -0.2) is 27.3 Å². The van der Waals surface area contributed by atoms with Crippen LogP contribution in [0.4, 0.5) is 22.0 Å². The zero-order valence-corrected chi connectivity index (χ0v) is 12.8. The predicted molar refractivity (Wildman–Crippen MR) is 77.8 cm³/mol. The molecule has 0 aliphatic heterocycles. The Hall–Kier alpha value is -2.53. The van der Waals surface area contributed by atoms with Crippen molar-refractivity contribution in [3.63, 3.8) is 0 Å². The van der Waals surface area contributed by atoms with Crippen molar-refractivity contribution in [2.24, 2.45) is 5.14 Å². The fourth-order valence-electron chi connectivity index (χ4n) is 2.33. The number of hydrogen-bond donors (Lipinski definition) is 2. The van der Waals surface area contributed by atoms with Crippen molar-refractivity contribution in [2.75, 3.05) is 0 Å². The molecule has 0 atom stereocenters. The van der Waals surface area contributed by atoms with E-state index in [9.17, 15) is 30.4 Å². The molecule has 3 aromatic rings. The summed E-state index contributed by atoms with van der Waals surface area (Å²) in [5, 5.41) is 5.14. The second-order valence-electron chi connectivity index (χ2n) is 5.10. The van der Waals surface area contributed by atoms with E-state index in [1.165, 1.54) is 6.07 Å². The molecular weight excluding hydrogens is 369 g/mol. The number of hydrogen-bond acceptors (Lipinski definition) is 3. The Morgan fingerprint density at radius 1 is 1.08 bits per heavy atom. The van der Waals surface area contributed by atoms with Crippen LogP contribution >= 0.6 is 0 Å². The molecular formula is C14H8F5N3O2S. The van der Waals surface area contributed by atoms with Crippen LogP contribution in [0.25, 0.3) is 22.3 Å². The Morgan fingerprint density at radius 2 is 1.76 bits per heavy atom. The third kappa shape index (κ3) is 3.07. The van der Waals surface area contributed by atoms with E-state index in [-0.39, 0.29) is 27.7 Å². The van der Waals surface area contributed by atoms with Gasteiger partial charge in [-0.2, -0.15) is 13.2 Å². The number of halogens is 5. The van der Waals surface area contributed by atoms with E-state index in [2.05, 4.69) is 9.97 Å². The van der Waals surface area contributed by atoms with E-state index in [1.807, 2.05) is 0 Å². The Bertz CT molecular complexity index is 1090. The topological polar surface area (TPSA) is 88.8 Å². The van der Waals surface area contributed by atoms with Crippen LogP contribution in [0.2, 0.25) is 0 Å². The lowest BCUT2D eigenvalue weighted by molar-refractivity contribution is -0.140. The van der Waals surface area contributed by atoms with Crippen LogP contribution in [0.5, 0.6) is 0 Å². The normalized spacial score (nSPS) is 12.7. The molecule has 0 spiro atoms. The molecule has 0 aliphatic rings. The molecule has 2 heterocycles. The molecule has 0 saturated carbocycles. The Labute approximate surface area is 137 Å². The minimum Gasteiger partial charge on any atom is -0.345 e. The summed E-state index contributed by atoms with van der Waals surface area (Å²) in [6.45, 7) is 0. The molecule has 132 valence electrons. The molecule has 0 aliphatic carbocycles. The van der Waals surface area contributed by atoms with E-state index in [0.29, 0.717) is 6.07 Å². The van der Waals surface area contributed by atoms with Crippen molar-refractivity contribution in [1.29, 1.82) is 0 Å². The number of H-pyrrole nitrogens is 1. The van der Waals surface area contributed by atoms with Crippen molar-refractivity contribution in [1.82, 2.24) is 9.97 Å². The van der Waals surface area contributed by atoms with Crippen LogP contribution in [0, 0.1) is 11.6 Å². The van der Waals surface area contributed by atoms with Gasteiger partial charge >= 0.3 is 6.18 Å². The fourth-order valence-corrected chi connectivity index (χ4v) is 3.02. The Kier molecular flexibility index (Phi) is 3.80. The van der Waals surface area contributed by atoms with Gasteiger partial charge in [-0.05, 0) is 24.3 Å². The number of primary sulfonamides is 1. The molecule has 25 heavy (non-hydrogen) atoms. The second kappa shape index (κ2) is 5.49. The Morgan fingerprint density at radius 3 is 2.36 bits per heavy atom. The molecule has 3 rings (SSSR count). The van der Waals surface area contributed by atoms with Gasteiger partial charge in [-0.1, -0.05) is 0 Å². The SMILES string of the molecule is NS(=O)(=O)c1c[nH]c2nc(-c3cc(F)c(C(F)(F)F)cc3F)ccc12. The molecule has 3 N–H and O–H groups in total. The zero-order valence-electron chi connectivity index (χ0n) is 12.0. The van der Waals surface area contributed by atoms with Gasteiger partial charge in [0.15, 0.2) is 0 Å². The van der Waals surface area contributed by atoms with E-state index in [4.69, 9.17) is 5.14 Å². The number of nitrogens with one attached hydrogen (secondary N) is 1. The molecule has 0 amide bonds. The first-order valence-corrected chi connectivity index (χ1v) is 8.10. The lowest BCUT2D eigenvalue weighted by atomic mass is 10.1. The number of sulfonamides is 1. The number of benzene rings is 1. The first-order valence-electron chi connectivity index (χ1n) is 6.56. The fraction of sp³-hybridized carbons (Fsp3) is 0.0714. The highest BCUT2D eigenvalue weighted by atomic mass is 32.2. The maximum Gasteiger partial charge on any atom is 0.419 e. The smallest absolute Gasteiger partial charge is 0.345 e. The van der Waals surface area contributed by atoms with Crippen molar-refractivity contribution in [3.8, 4) is 11.3 Å². The van der Waals surface area contributed by atoms with Gasteiger partial charge in [-0.3, -0.25) is 0 Å². The lowest BCUT2D eigenvalue weighted by Gasteiger charge is -2.10. The van der Waals surface area contributed by atoms with Crippen molar-refractivity contribution in [2.45, 2.75) is 11.1 Å². The first-order chi connectivity index (χ1) is 11.5. The summed E-state index contributed by atoms with van der Waals surface area (Å²) in [6.07, 6.45) is -3.97. The standard InChI is InChI=1S/C14H8F5N3O2S/c15-9-4-8(14(17,18)19)10(16)3-7(9)11-2-1-6-12(25(20,23)24)5-21-13(6)22-11/h1-5H,(H,21,22)(H2,20,23,24). The maximum absolute atomic E-state index is 14.0. The minimum atomic E-state index is -5.04. The second-order valence-corrected chi connectivity index (χ2v) is 6.63. The van der Waals surface area contributed by atoms with Crippen molar-refractivity contribution < 1.29 is 30.4 Å². The molecule has 0 saturated heterocycles. The maximum atomic E-state index is 14.0. The molecule has 0 unspecified atom stereocenters. The van der Waals surface area contributed by atoms with Crippen LogP contribution in [0.3, 0.4) is 0 Å². The van der Waals surface area contributed by atoms with E-state index < -0.39 is 39.0 Å². The van der Waals surface area contributed by atoms with Crippen LogP contribution in [-0.2, 0) is 16.2 Å². The van der Waals surface area contributed by atoms with Gasteiger partial charge in [0, 0.05) is 17.1 Å². The summed E-state index contributed by atoms with van der Waals surface area (Å²) in [4.78, 5) is 6.17. The summed E-state index contributed by atoms with van der Waals surface area (Å²) >= 11 is 0. The average Bonchev–Trinajstić information content (AvgIpc) is 2.91. The predicted octanol–water partition coefficient (Wildman–Crippen LogP) is 3.17. The quantitative estimate of drug-likeness (QED) is 0.673. The van der Waals surface area contributed by atoms with Gasteiger partial charge in [-0.15, -0.1) is 0 Å². The summed E-state index contributed by atoms with van der Waals surface area (Å²) < 4.78 is 88.3. The number of aromatic nitrogens is 2. The van der Waals surface area contributed by atoms with Crippen molar-refractivity contribution in [3.05, 3.63) is 47.7 Å². The molecule has 11 heteroatoms. The van der Waals surface area contributed by atoms with E-state index in [1.54, 1.807) is 0 Å². The van der Waals surface area contributed by atoms with Crippen LogP contribution in [-0.4, -0.2) is 18.4 Å². The molecule has 0 radical (unpaired) electrons. The molecule has 5 nitrogen and oxygen atoms in total. The molecule has 1 aromatic carbocycles. The largest absolute Gasteiger partial charge is 0.419 e. The number of alkyl halides is 3. The first kappa shape index (κ1) is 17.3. The summed E-state index contributed by atoms with van der Waals surface area (Å²) in [5.74, 6) is -2.97. The van der Waals surface area contributed by atoms with Crippen molar-refractivity contribution >= 4 is 21.1 Å². The van der Waals surface area contributed by atoms with Gasteiger partial charge in [0.25, 0.3) is 0 Å². The monoisotopic (exact) mass is 377 g/mol. The third-order valence-corrected chi connectivity index (χ3v) is 4.40. The van der Waals surface area contributed by atoms with Crippen LogP contribution in [0.1, 0.15) is 5.56 Å². The van der Waals surface area contributed by atoms with Crippen LogP contribution < -0.4 is 5.14 Å². The zero-order chi connectivity index (χ0) is 18.6. The number of nitrogens with two attached hydrogens (primary N) is 1. The average molecular weight is 377 g/mol. The van der Waals surface area contributed by atoms with Gasteiger partial charge in [0.05, 0.1) is 11.3 Å². The highest BCUT2D eigenvalue weighted by molar-refractivity contribution is 7.89. The van der Waals surface area contributed by atoms with Gasteiger partial charge in [0.2, 0.25) is 10.0 Å². The molecule has 0 fully saturated rings. The number of rotatable bonds is 2. The molecule has 2 aromatic heterocycles. The number of aromatic amines is 1. The van der Waals surface area contributed by atoms with E-state index >= 15 is 0 Å². The van der Waals surface area contributed by atoms with E-state index in [0.717, 1.165) is 12.3 Å². The summed E-state index contributed by atoms with van der Waals surface area (Å²) in [6, 6.07) is 2.82. The summed E-state index contributed by atoms with van der Waals surface area (Å²) in [5.41, 5.74) is -2.41. The minimum absolute atomic E-state index is 0.00114. The lowest BCUT2D eigenvalue weighted by Crippen LogP contribution is -2.11. The number of fused-ring (bicyclic) bond motifs is 1. The molecule has 0 bridgehead atoms. The van der Waals surface area contributed by atoms with Gasteiger partial charge in [0.1, 0.15) is 22.2 Å². The highest BCUT2D eigenvalue weighted by Crippen LogP contribution is 2.35. The summed E-state index contributed by atoms with van der Waals surface area (Å²) in [7, 11) is -4.03. The van der Waals surface area contributed by atoms with Crippen LogP contribution in [0.15, 0.2) is 35.4 Å². The van der Waals surface area contributed by atoms with Gasteiger partial charge < -0.3 is 4.98 Å². The number of pyridine rings is 1. The Balaban J connectivity index is 2.16. The number of nitrogens with zero attached hydrogens (tertiary/aromatic N) is 1. The third-order valence-electron chi connectivity index (χ3n) is 3.45.